The Labute approximate surface area is 297 Å². The molecule has 0 fully saturated rings. The first-order valence-corrected chi connectivity index (χ1v) is 19.0. The third-order valence-electron chi connectivity index (χ3n) is 10.6. The largest absolute Gasteiger partial charge is 0.309 e. The summed E-state index contributed by atoms with van der Waals surface area (Å²) in [7, 11) is -3.14. The highest BCUT2D eigenvalue weighted by Gasteiger charge is 2.54. The zero-order valence-corrected chi connectivity index (χ0v) is 28.5. The van der Waals surface area contributed by atoms with Gasteiger partial charge in [-0.25, -0.2) is 9.97 Å². The van der Waals surface area contributed by atoms with Crippen molar-refractivity contribution in [3.05, 3.63) is 210 Å². The van der Waals surface area contributed by atoms with Crippen LogP contribution in [0.5, 0.6) is 0 Å². The van der Waals surface area contributed by atoms with Gasteiger partial charge >= 0.3 is 0 Å². The number of hydrogen-bond acceptors (Lipinski definition) is 3. The first-order chi connectivity index (χ1) is 25.2. The summed E-state index contributed by atoms with van der Waals surface area (Å²) in [5.41, 5.74) is 11.5. The lowest BCUT2D eigenvalue weighted by molar-refractivity contribution is 0.592. The molecule has 1 aromatic heterocycles. The molecule has 3 nitrogen and oxygen atoms in total. The second-order valence-corrected chi connectivity index (χ2v) is 16.0. The fourth-order valence-electron chi connectivity index (χ4n) is 8.40. The lowest BCUT2D eigenvalue weighted by atomic mass is 9.72. The van der Waals surface area contributed by atoms with Gasteiger partial charge in [-0.2, -0.15) is 0 Å². The van der Waals surface area contributed by atoms with Gasteiger partial charge in [-0.05, 0) is 33.4 Å². The molecule has 4 heteroatoms. The first kappa shape index (κ1) is 29.7. The number of hydrogen-bond donors (Lipinski definition) is 0. The topological polar surface area (TPSA) is 42.9 Å². The summed E-state index contributed by atoms with van der Waals surface area (Å²) in [6.07, 6.45) is 0. The maximum atomic E-state index is 15.2. The molecule has 0 atom stereocenters. The van der Waals surface area contributed by atoms with Gasteiger partial charge in [0.2, 0.25) is 0 Å². The lowest BCUT2D eigenvalue weighted by Crippen LogP contribution is -2.27. The van der Waals surface area contributed by atoms with Gasteiger partial charge in [-0.1, -0.05) is 188 Å². The van der Waals surface area contributed by atoms with Crippen LogP contribution in [-0.4, -0.2) is 9.97 Å². The smallest absolute Gasteiger partial charge is 0.171 e. The molecule has 7 aromatic carbocycles. The van der Waals surface area contributed by atoms with Crippen molar-refractivity contribution < 1.29 is 4.57 Å². The minimum absolute atomic E-state index is 0.601. The Hall–Kier alpha value is -6.15. The third kappa shape index (κ3) is 4.22. The Morgan fingerprint density at radius 2 is 0.824 bits per heavy atom. The molecule has 10 rings (SSSR count). The highest BCUT2D eigenvalue weighted by molar-refractivity contribution is 7.85. The second kappa shape index (κ2) is 11.5. The molecular formula is C47H31N2OP. The predicted molar refractivity (Wildman–Crippen MR) is 209 cm³/mol. The predicted octanol–water partition coefficient (Wildman–Crippen LogP) is 9.79. The zero-order valence-electron chi connectivity index (χ0n) is 27.6. The molecule has 0 saturated heterocycles. The van der Waals surface area contributed by atoms with E-state index in [9.17, 15) is 0 Å². The molecule has 51 heavy (non-hydrogen) atoms. The third-order valence-corrected chi connectivity index (χ3v) is 13.7. The molecule has 0 saturated carbocycles. The van der Waals surface area contributed by atoms with Crippen molar-refractivity contribution in [1.82, 2.24) is 9.97 Å². The van der Waals surface area contributed by atoms with E-state index in [4.69, 9.17) is 9.97 Å². The maximum absolute atomic E-state index is 15.2. The van der Waals surface area contributed by atoms with E-state index >= 15 is 4.57 Å². The molecule has 240 valence electrons. The summed E-state index contributed by atoms with van der Waals surface area (Å²) >= 11 is 0. The SMILES string of the molecule is O=P(c1ccccc1)(c1ccccc1)c1ccc(-c2nc(-c3ccccc3)nc3c2-c2ccccc2C32c3ccccc3-c3ccccc32)cc1. The van der Waals surface area contributed by atoms with Gasteiger partial charge < -0.3 is 4.57 Å². The minimum Gasteiger partial charge on any atom is -0.309 e. The van der Waals surface area contributed by atoms with E-state index in [1.807, 2.05) is 91.0 Å². The van der Waals surface area contributed by atoms with Gasteiger partial charge in [0, 0.05) is 32.6 Å². The van der Waals surface area contributed by atoms with Crippen LogP contribution in [-0.2, 0) is 9.98 Å². The molecule has 8 aromatic rings. The van der Waals surface area contributed by atoms with Crippen LogP contribution in [0.4, 0.5) is 0 Å². The molecular weight excluding hydrogens is 640 g/mol. The number of benzene rings is 7. The van der Waals surface area contributed by atoms with Crippen molar-refractivity contribution >= 4 is 23.1 Å². The molecule has 1 spiro atoms. The van der Waals surface area contributed by atoms with E-state index in [1.54, 1.807) is 0 Å². The molecule has 2 aliphatic rings. The Kier molecular flexibility index (Phi) is 6.68. The summed E-state index contributed by atoms with van der Waals surface area (Å²) < 4.78 is 15.2. The van der Waals surface area contributed by atoms with Crippen LogP contribution in [0.15, 0.2) is 188 Å². The highest BCUT2D eigenvalue weighted by atomic mass is 31.2. The van der Waals surface area contributed by atoms with E-state index < -0.39 is 12.6 Å². The van der Waals surface area contributed by atoms with Gasteiger partial charge in [0.15, 0.2) is 13.0 Å². The Morgan fingerprint density at radius 3 is 1.37 bits per heavy atom. The molecule has 0 bridgehead atoms. The first-order valence-electron chi connectivity index (χ1n) is 17.3. The van der Waals surface area contributed by atoms with Gasteiger partial charge in [0.1, 0.15) is 0 Å². The van der Waals surface area contributed by atoms with Crippen molar-refractivity contribution in [2.45, 2.75) is 5.41 Å². The van der Waals surface area contributed by atoms with E-state index in [-0.39, 0.29) is 0 Å². The van der Waals surface area contributed by atoms with Crippen molar-refractivity contribution in [2.24, 2.45) is 0 Å². The second-order valence-electron chi connectivity index (χ2n) is 13.2. The van der Waals surface area contributed by atoms with Crippen LogP contribution in [0, 0.1) is 0 Å². The average molecular weight is 671 g/mol. The number of rotatable bonds is 5. The van der Waals surface area contributed by atoms with Crippen molar-refractivity contribution in [2.75, 3.05) is 0 Å². The van der Waals surface area contributed by atoms with Crippen LogP contribution >= 0.6 is 7.14 Å². The van der Waals surface area contributed by atoms with Crippen LogP contribution in [0.1, 0.15) is 22.4 Å². The standard InChI is InChI=1S/C47H31N2OP/c50-51(34-18-6-2-7-19-34,35-20-8-3-9-21-35)36-30-28-32(29-31-36)44-43-39-24-12-15-27-42(39)47(45(43)49-46(48-44)33-16-4-1-5-17-33)40-25-13-10-22-37(40)38-23-11-14-26-41(38)47/h1-31H. The van der Waals surface area contributed by atoms with Crippen LogP contribution in [0.25, 0.3) is 44.9 Å². The molecule has 0 radical (unpaired) electrons. The molecule has 0 unspecified atom stereocenters. The number of fused-ring (bicyclic) bond motifs is 10. The summed E-state index contributed by atoms with van der Waals surface area (Å²) in [6.45, 7) is 0. The van der Waals surface area contributed by atoms with E-state index in [1.165, 1.54) is 27.8 Å². The fourth-order valence-corrected chi connectivity index (χ4v) is 11.0. The van der Waals surface area contributed by atoms with Gasteiger partial charge in [0.05, 0.1) is 16.8 Å². The minimum atomic E-state index is -3.14. The van der Waals surface area contributed by atoms with Gasteiger partial charge in [0.25, 0.3) is 0 Å². The van der Waals surface area contributed by atoms with E-state index in [0.717, 1.165) is 49.6 Å². The van der Waals surface area contributed by atoms with Crippen LogP contribution in [0.2, 0.25) is 0 Å². The van der Waals surface area contributed by atoms with Gasteiger partial charge in [-0.3, -0.25) is 0 Å². The average Bonchev–Trinajstić information content (AvgIpc) is 3.69. The van der Waals surface area contributed by atoms with E-state index in [0.29, 0.717) is 5.82 Å². The normalized spacial score (nSPS) is 13.3. The van der Waals surface area contributed by atoms with Crippen molar-refractivity contribution in [3.8, 4) is 44.9 Å². The van der Waals surface area contributed by atoms with Crippen molar-refractivity contribution in [1.29, 1.82) is 0 Å². The van der Waals surface area contributed by atoms with Gasteiger partial charge in [-0.15, -0.1) is 0 Å². The van der Waals surface area contributed by atoms with Crippen molar-refractivity contribution in [3.63, 3.8) is 0 Å². The Morgan fingerprint density at radius 1 is 0.392 bits per heavy atom. The van der Waals surface area contributed by atoms with Crippen LogP contribution < -0.4 is 15.9 Å². The van der Waals surface area contributed by atoms with E-state index in [2.05, 4.69) is 97.1 Å². The lowest BCUT2D eigenvalue weighted by Gasteiger charge is -2.29. The molecule has 0 N–H and O–H groups in total. The Balaban J connectivity index is 1.25. The zero-order chi connectivity index (χ0) is 34.0. The monoisotopic (exact) mass is 670 g/mol. The highest BCUT2D eigenvalue weighted by Crippen LogP contribution is 2.63. The molecule has 2 aliphatic carbocycles. The Bertz CT molecular complexity index is 2560. The molecule has 0 aliphatic heterocycles. The maximum Gasteiger partial charge on any atom is 0.171 e. The summed E-state index contributed by atoms with van der Waals surface area (Å²) in [6, 6.07) is 64.4. The number of aromatic nitrogens is 2. The summed E-state index contributed by atoms with van der Waals surface area (Å²) in [5, 5.41) is 2.41. The summed E-state index contributed by atoms with van der Waals surface area (Å²) in [4.78, 5) is 10.9. The quantitative estimate of drug-likeness (QED) is 0.171. The molecule has 0 amide bonds. The summed E-state index contributed by atoms with van der Waals surface area (Å²) in [5.74, 6) is 0.682. The molecule has 1 heterocycles. The van der Waals surface area contributed by atoms with Crippen LogP contribution in [0.3, 0.4) is 0 Å². The fraction of sp³-hybridized carbons (Fsp3) is 0.0213. The number of nitrogens with zero attached hydrogens (tertiary/aromatic N) is 2.